The van der Waals surface area contributed by atoms with E-state index in [-0.39, 0.29) is 17.5 Å². The Bertz CT molecular complexity index is 550. The van der Waals surface area contributed by atoms with Crippen LogP contribution < -0.4 is 16.0 Å². The molecule has 1 heterocycles. The van der Waals surface area contributed by atoms with Crippen LogP contribution in [0.4, 0.5) is 9.93 Å². The first-order chi connectivity index (χ1) is 10.8. The maximum absolute atomic E-state index is 11.9. The molecule has 1 aliphatic rings. The van der Waals surface area contributed by atoms with Crippen molar-refractivity contribution in [1.82, 2.24) is 20.8 Å². The first kappa shape index (κ1) is 18.0. The highest BCUT2D eigenvalue weighted by Crippen LogP contribution is 2.25. The van der Waals surface area contributed by atoms with Crippen molar-refractivity contribution in [1.29, 1.82) is 0 Å². The minimum Gasteiger partial charge on any atom is -0.353 e. The minimum atomic E-state index is -0.316. The van der Waals surface area contributed by atoms with E-state index >= 15 is 0 Å². The number of hydrogen-bond donors (Lipinski definition) is 3. The standard InChI is InChI=1S/C14H23N5O2S2/c1-14(2,3)17-11(21)16-12-18-19-13(23-12)22-8-10(20)15-9-6-4-5-7-9/h9H,4-8H2,1-3H3,(H,15,20)(H2,16,17,18,21). The van der Waals surface area contributed by atoms with Gasteiger partial charge in [0.15, 0.2) is 4.34 Å². The molecule has 128 valence electrons. The van der Waals surface area contributed by atoms with Gasteiger partial charge in [0, 0.05) is 11.6 Å². The molecule has 23 heavy (non-hydrogen) atoms. The average molecular weight is 358 g/mol. The molecule has 0 radical (unpaired) electrons. The molecule has 1 aromatic rings. The summed E-state index contributed by atoms with van der Waals surface area (Å²) in [5.74, 6) is 0.344. The molecule has 0 aromatic carbocycles. The number of amides is 3. The SMILES string of the molecule is CC(C)(C)NC(=O)Nc1nnc(SCC(=O)NC2CCCC2)s1. The second-order valence-electron chi connectivity index (χ2n) is 6.54. The number of aromatic nitrogens is 2. The predicted molar refractivity (Wildman–Crippen MR) is 92.9 cm³/mol. The number of thioether (sulfide) groups is 1. The molecule has 0 bridgehead atoms. The molecule has 7 nitrogen and oxygen atoms in total. The van der Waals surface area contributed by atoms with Crippen molar-refractivity contribution in [3.8, 4) is 0 Å². The van der Waals surface area contributed by atoms with E-state index in [4.69, 9.17) is 0 Å². The van der Waals surface area contributed by atoms with Crippen LogP contribution in [0.2, 0.25) is 0 Å². The van der Waals surface area contributed by atoms with E-state index in [1.165, 1.54) is 35.9 Å². The first-order valence-electron chi connectivity index (χ1n) is 7.67. The third kappa shape index (κ3) is 6.74. The fourth-order valence-corrected chi connectivity index (χ4v) is 3.81. The van der Waals surface area contributed by atoms with Crippen molar-refractivity contribution in [3.63, 3.8) is 0 Å². The van der Waals surface area contributed by atoms with Gasteiger partial charge < -0.3 is 10.6 Å². The van der Waals surface area contributed by atoms with Gasteiger partial charge in [0.2, 0.25) is 11.0 Å². The summed E-state index contributed by atoms with van der Waals surface area (Å²) in [6, 6.07) is 0.0139. The fourth-order valence-electron chi connectivity index (χ4n) is 2.25. The maximum Gasteiger partial charge on any atom is 0.321 e. The van der Waals surface area contributed by atoms with Gasteiger partial charge in [-0.1, -0.05) is 35.9 Å². The first-order valence-corrected chi connectivity index (χ1v) is 9.47. The summed E-state index contributed by atoms with van der Waals surface area (Å²) in [4.78, 5) is 23.6. The number of carbonyl (C=O) groups excluding carboxylic acids is 2. The van der Waals surface area contributed by atoms with Gasteiger partial charge in [0.1, 0.15) is 0 Å². The Hall–Kier alpha value is -1.35. The zero-order chi connectivity index (χ0) is 16.9. The number of urea groups is 1. The molecule has 0 saturated heterocycles. The molecule has 9 heteroatoms. The van der Waals surface area contributed by atoms with Crippen molar-refractivity contribution in [2.45, 2.75) is 62.4 Å². The molecular weight excluding hydrogens is 334 g/mol. The number of nitrogens with zero attached hydrogens (tertiary/aromatic N) is 2. The Morgan fingerprint density at radius 3 is 2.61 bits per heavy atom. The summed E-state index contributed by atoms with van der Waals surface area (Å²) in [5.41, 5.74) is -0.315. The molecule has 1 aliphatic carbocycles. The molecule has 0 spiro atoms. The van der Waals surface area contributed by atoms with Crippen molar-refractivity contribution >= 4 is 40.2 Å². The van der Waals surface area contributed by atoms with Crippen molar-refractivity contribution in [2.75, 3.05) is 11.1 Å². The number of rotatable bonds is 5. The lowest BCUT2D eigenvalue weighted by atomic mass is 10.1. The number of carbonyl (C=O) groups is 2. The van der Waals surface area contributed by atoms with Crippen LogP contribution in [-0.4, -0.2) is 39.5 Å². The summed E-state index contributed by atoms with van der Waals surface area (Å²) in [6.45, 7) is 5.70. The molecule has 1 aromatic heterocycles. The second-order valence-corrected chi connectivity index (χ2v) is 8.74. The smallest absolute Gasteiger partial charge is 0.321 e. The molecule has 1 fully saturated rings. The van der Waals surface area contributed by atoms with Gasteiger partial charge >= 0.3 is 6.03 Å². The van der Waals surface area contributed by atoms with E-state index in [1.54, 1.807) is 0 Å². The Balaban J connectivity index is 1.73. The lowest BCUT2D eigenvalue weighted by Crippen LogP contribution is -2.43. The van der Waals surface area contributed by atoms with Gasteiger partial charge in [-0.15, -0.1) is 10.2 Å². The van der Waals surface area contributed by atoms with Crippen LogP contribution in [-0.2, 0) is 4.79 Å². The maximum atomic E-state index is 11.9. The predicted octanol–water partition coefficient (Wildman–Crippen LogP) is 2.61. The normalized spacial score (nSPS) is 15.4. The van der Waals surface area contributed by atoms with Crippen LogP contribution >= 0.6 is 23.1 Å². The molecule has 0 aliphatic heterocycles. The summed E-state index contributed by atoms with van der Waals surface area (Å²) < 4.78 is 0.664. The quantitative estimate of drug-likeness (QED) is 0.556. The highest BCUT2D eigenvalue weighted by molar-refractivity contribution is 8.01. The van der Waals surface area contributed by atoms with E-state index in [2.05, 4.69) is 26.1 Å². The molecular formula is C14H23N5O2S2. The summed E-state index contributed by atoms with van der Waals surface area (Å²) in [5, 5.41) is 16.8. The molecule has 0 unspecified atom stereocenters. The zero-order valence-electron chi connectivity index (χ0n) is 13.6. The molecule has 3 N–H and O–H groups in total. The van der Waals surface area contributed by atoms with Gasteiger partial charge in [-0.05, 0) is 33.6 Å². The third-order valence-electron chi connectivity index (χ3n) is 3.16. The van der Waals surface area contributed by atoms with E-state index in [9.17, 15) is 9.59 Å². The molecule has 2 rings (SSSR count). The topological polar surface area (TPSA) is 96.0 Å². The number of nitrogens with one attached hydrogen (secondary N) is 3. The lowest BCUT2D eigenvalue weighted by molar-refractivity contribution is -0.119. The highest BCUT2D eigenvalue weighted by Gasteiger charge is 2.18. The van der Waals surface area contributed by atoms with Crippen LogP contribution in [0.5, 0.6) is 0 Å². The van der Waals surface area contributed by atoms with Crippen LogP contribution in [0.3, 0.4) is 0 Å². The van der Waals surface area contributed by atoms with Gasteiger partial charge in [0.05, 0.1) is 5.75 Å². The lowest BCUT2D eigenvalue weighted by Gasteiger charge is -2.19. The van der Waals surface area contributed by atoms with Gasteiger partial charge in [-0.2, -0.15) is 0 Å². The molecule has 3 amide bonds. The van der Waals surface area contributed by atoms with Crippen molar-refractivity contribution in [2.24, 2.45) is 0 Å². The van der Waals surface area contributed by atoms with E-state index in [0.717, 1.165) is 12.8 Å². The van der Waals surface area contributed by atoms with Crippen LogP contribution in [0, 0.1) is 0 Å². The van der Waals surface area contributed by atoms with Crippen molar-refractivity contribution in [3.05, 3.63) is 0 Å². The van der Waals surface area contributed by atoms with Gasteiger partial charge in [-0.3, -0.25) is 10.1 Å². The Morgan fingerprint density at radius 1 is 1.26 bits per heavy atom. The highest BCUT2D eigenvalue weighted by atomic mass is 32.2. The zero-order valence-corrected chi connectivity index (χ0v) is 15.3. The van der Waals surface area contributed by atoms with Crippen LogP contribution in [0.25, 0.3) is 0 Å². The van der Waals surface area contributed by atoms with E-state index in [1.807, 2.05) is 20.8 Å². The van der Waals surface area contributed by atoms with Gasteiger partial charge in [-0.25, -0.2) is 4.79 Å². The fraction of sp³-hybridized carbons (Fsp3) is 0.714. The third-order valence-corrected chi connectivity index (χ3v) is 5.13. The summed E-state index contributed by atoms with van der Waals surface area (Å²) in [7, 11) is 0. The number of anilines is 1. The second kappa shape index (κ2) is 7.96. The van der Waals surface area contributed by atoms with Crippen molar-refractivity contribution < 1.29 is 9.59 Å². The molecule has 1 saturated carbocycles. The van der Waals surface area contributed by atoms with Crippen LogP contribution in [0.15, 0.2) is 4.34 Å². The Labute approximate surface area is 144 Å². The van der Waals surface area contributed by atoms with Crippen LogP contribution in [0.1, 0.15) is 46.5 Å². The molecule has 0 atom stereocenters. The average Bonchev–Trinajstić information content (AvgIpc) is 3.06. The number of hydrogen-bond acceptors (Lipinski definition) is 6. The van der Waals surface area contributed by atoms with E-state index in [0.29, 0.717) is 21.3 Å². The van der Waals surface area contributed by atoms with E-state index < -0.39 is 0 Å². The Kier molecular flexibility index (Phi) is 6.23. The Morgan fingerprint density at radius 2 is 1.96 bits per heavy atom. The van der Waals surface area contributed by atoms with Gasteiger partial charge in [0.25, 0.3) is 0 Å². The summed E-state index contributed by atoms with van der Waals surface area (Å²) in [6.07, 6.45) is 4.54. The monoisotopic (exact) mass is 357 g/mol. The summed E-state index contributed by atoms with van der Waals surface area (Å²) >= 11 is 2.59. The minimum absolute atomic E-state index is 0.0251. The largest absolute Gasteiger partial charge is 0.353 e.